The zero-order valence-electron chi connectivity index (χ0n) is 13.8. The van der Waals surface area contributed by atoms with E-state index in [0.717, 1.165) is 22.5 Å². The quantitative estimate of drug-likeness (QED) is 0.306. The van der Waals surface area contributed by atoms with Crippen molar-refractivity contribution in [3.63, 3.8) is 0 Å². The van der Waals surface area contributed by atoms with Crippen molar-refractivity contribution >= 4 is 11.6 Å². The molecule has 0 fully saturated rings. The standard InChI is InChI=1S/C11H7ClN.C11H8N.Ir/c12-10-6-7-13-11(8-10)9-4-2-1-3-5-9;1-2-6-10(7-3-1)11-8-4-5-9-12-11;/h1-4,6-8H;1-6,8-9H;/q2*-1;. The second-order valence-corrected chi connectivity index (χ2v) is 5.56. The van der Waals surface area contributed by atoms with E-state index in [1.807, 2.05) is 72.8 Å². The molecule has 0 aliphatic carbocycles. The Morgan fingerprint density at radius 2 is 1.27 bits per heavy atom. The topological polar surface area (TPSA) is 25.8 Å². The van der Waals surface area contributed by atoms with E-state index in [-0.39, 0.29) is 20.1 Å². The minimum absolute atomic E-state index is 0. The molecule has 2 aromatic carbocycles. The van der Waals surface area contributed by atoms with E-state index < -0.39 is 0 Å². The van der Waals surface area contributed by atoms with Crippen molar-refractivity contribution in [1.82, 2.24) is 9.97 Å². The molecule has 2 heterocycles. The first-order valence-corrected chi connectivity index (χ1v) is 8.17. The Hall–Kier alpha value is -2.32. The summed E-state index contributed by atoms with van der Waals surface area (Å²) in [5.41, 5.74) is 3.83. The molecule has 0 spiro atoms. The molecule has 26 heavy (non-hydrogen) atoms. The van der Waals surface area contributed by atoms with Crippen LogP contribution in [-0.2, 0) is 20.1 Å². The minimum Gasteiger partial charge on any atom is -0.305 e. The summed E-state index contributed by atoms with van der Waals surface area (Å²) in [5.74, 6) is 0. The maximum atomic E-state index is 5.84. The van der Waals surface area contributed by atoms with Crippen molar-refractivity contribution in [3.8, 4) is 22.5 Å². The van der Waals surface area contributed by atoms with Crippen molar-refractivity contribution in [2.45, 2.75) is 0 Å². The van der Waals surface area contributed by atoms with Crippen LogP contribution in [0.3, 0.4) is 0 Å². The van der Waals surface area contributed by atoms with Crippen LogP contribution in [0.1, 0.15) is 0 Å². The summed E-state index contributed by atoms with van der Waals surface area (Å²) in [6.07, 6.45) is 3.48. The predicted octanol–water partition coefficient (Wildman–Crippen LogP) is 5.75. The summed E-state index contributed by atoms with van der Waals surface area (Å²) in [4.78, 5) is 8.41. The van der Waals surface area contributed by atoms with Gasteiger partial charge in [0.2, 0.25) is 0 Å². The fourth-order valence-electron chi connectivity index (χ4n) is 2.18. The Bertz CT molecular complexity index is 863. The fourth-order valence-corrected chi connectivity index (χ4v) is 2.34. The van der Waals surface area contributed by atoms with Gasteiger partial charge >= 0.3 is 0 Å². The average molecular weight is 535 g/mol. The Labute approximate surface area is 172 Å². The van der Waals surface area contributed by atoms with Crippen LogP contribution in [0.4, 0.5) is 0 Å². The first-order chi connectivity index (χ1) is 12.3. The molecular weight excluding hydrogens is 520 g/mol. The summed E-state index contributed by atoms with van der Waals surface area (Å²) in [6, 6.07) is 31.2. The average Bonchev–Trinajstić information content (AvgIpc) is 2.71. The van der Waals surface area contributed by atoms with E-state index in [0.29, 0.717) is 5.02 Å². The first kappa shape index (κ1) is 20.0. The number of halogens is 1. The largest absolute Gasteiger partial charge is 0.305 e. The summed E-state index contributed by atoms with van der Waals surface area (Å²) in [5, 5.41) is 0.697. The van der Waals surface area contributed by atoms with Crippen LogP contribution in [0.25, 0.3) is 22.5 Å². The van der Waals surface area contributed by atoms with Gasteiger partial charge in [-0.1, -0.05) is 29.8 Å². The molecule has 4 heteroatoms. The fraction of sp³-hybridized carbons (Fsp3) is 0. The third-order valence-corrected chi connectivity index (χ3v) is 3.59. The zero-order valence-corrected chi connectivity index (χ0v) is 16.9. The Balaban J connectivity index is 0.000000180. The van der Waals surface area contributed by atoms with Gasteiger partial charge in [-0.05, 0) is 23.5 Å². The van der Waals surface area contributed by atoms with E-state index >= 15 is 0 Å². The van der Waals surface area contributed by atoms with Crippen LogP contribution >= 0.6 is 11.6 Å². The number of hydrogen-bond acceptors (Lipinski definition) is 2. The molecule has 0 aliphatic heterocycles. The van der Waals surface area contributed by atoms with Gasteiger partial charge in [0.1, 0.15) is 0 Å². The molecule has 4 aromatic rings. The monoisotopic (exact) mass is 535 g/mol. The smallest absolute Gasteiger partial charge is 0.0350 e. The minimum atomic E-state index is 0. The van der Waals surface area contributed by atoms with Gasteiger partial charge in [0.25, 0.3) is 0 Å². The summed E-state index contributed by atoms with van der Waals surface area (Å²) < 4.78 is 0. The number of benzene rings is 2. The molecule has 0 aliphatic rings. The molecule has 0 atom stereocenters. The molecule has 131 valence electrons. The Kier molecular flexibility index (Phi) is 8.17. The number of aromatic nitrogens is 2. The molecule has 0 amide bonds. The van der Waals surface area contributed by atoms with Crippen LogP contribution in [-0.4, -0.2) is 9.97 Å². The van der Waals surface area contributed by atoms with Gasteiger partial charge in [0, 0.05) is 37.5 Å². The number of pyridine rings is 2. The van der Waals surface area contributed by atoms with Gasteiger partial charge in [-0.25, -0.2) is 0 Å². The molecule has 2 nitrogen and oxygen atoms in total. The second-order valence-electron chi connectivity index (χ2n) is 5.13. The van der Waals surface area contributed by atoms with Crippen LogP contribution in [0.15, 0.2) is 91.3 Å². The normalized spacial score (nSPS) is 9.42. The van der Waals surface area contributed by atoms with Gasteiger partial charge < -0.3 is 9.97 Å². The molecule has 0 N–H and O–H groups in total. The predicted molar refractivity (Wildman–Crippen MR) is 102 cm³/mol. The zero-order chi connectivity index (χ0) is 17.3. The molecule has 0 saturated heterocycles. The van der Waals surface area contributed by atoms with E-state index in [2.05, 4.69) is 22.1 Å². The molecule has 0 bridgehead atoms. The van der Waals surface area contributed by atoms with Crippen LogP contribution in [0, 0.1) is 12.1 Å². The summed E-state index contributed by atoms with van der Waals surface area (Å²) in [7, 11) is 0. The van der Waals surface area contributed by atoms with Gasteiger partial charge in [0.05, 0.1) is 0 Å². The third kappa shape index (κ3) is 5.89. The van der Waals surface area contributed by atoms with E-state index in [4.69, 9.17) is 11.6 Å². The maximum Gasteiger partial charge on any atom is 0.0350 e. The number of nitrogens with zero attached hydrogens (tertiary/aromatic N) is 2. The third-order valence-electron chi connectivity index (χ3n) is 3.36. The molecule has 4 rings (SSSR count). The van der Waals surface area contributed by atoms with Gasteiger partial charge in [-0.15, -0.1) is 71.8 Å². The van der Waals surface area contributed by atoms with Gasteiger partial charge in [-0.2, -0.15) is 0 Å². The maximum absolute atomic E-state index is 5.84. The Morgan fingerprint density at radius 3 is 1.81 bits per heavy atom. The number of rotatable bonds is 2. The van der Waals surface area contributed by atoms with Crippen molar-refractivity contribution in [2.24, 2.45) is 0 Å². The van der Waals surface area contributed by atoms with Crippen LogP contribution in [0.5, 0.6) is 0 Å². The van der Waals surface area contributed by atoms with Crippen LogP contribution in [0.2, 0.25) is 5.02 Å². The Morgan fingerprint density at radius 1 is 0.654 bits per heavy atom. The second kappa shape index (κ2) is 10.6. The molecule has 0 unspecified atom stereocenters. The van der Waals surface area contributed by atoms with Crippen molar-refractivity contribution in [1.29, 1.82) is 0 Å². The SMILES string of the molecule is Clc1ccnc(-c2[c-]cccc2)c1.[Ir].[c-]1ccccc1-c1ccccn1. The van der Waals surface area contributed by atoms with Crippen LogP contribution < -0.4 is 0 Å². The molecule has 2 aromatic heterocycles. The van der Waals surface area contributed by atoms with E-state index in [1.165, 1.54) is 0 Å². The van der Waals surface area contributed by atoms with Crippen molar-refractivity contribution in [3.05, 3.63) is 108 Å². The molecule has 1 radical (unpaired) electrons. The summed E-state index contributed by atoms with van der Waals surface area (Å²) in [6.45, 7) is 0. The molecular formula is C22H15ClIrN2-2. The van der Waals surface area contributed by atoms with Crippen molar-refractivity contribution < 1.29 is 20.1 Å². The first-order valence-electron chi connectivity index (χ1n) is 7.80. The van der Waals surface area contributed by atoms with Gasteiger partial charge in [0.15, 0.2) is 0 Å². The van der Waals surface area contributed by atoms with E-state index in [9.17, 15) is 0 Å². The number of hydrogen-bond donors (Lipinski definition) is 0. The van der Waals surface area contributed by atoms with E-state index in [1.54, 1.807) is 18.5 Å². The molecule has 0 saturated carbocycles. The summed E-state index contributed by atoms with van der Waals surface area (Å²) >= 11 is 5.84. The van der Waals surface area contributed by atoms with Crippen molar-refractivity contribution in [2.75, 3.05) is 0 Å². The van der Waals surface area contributed by atoms with Gasteiger partial charge in [-0.3, -0.25) is 0 Å².